The summed E-state index contributed by atoms with van der Waals surface area (Å²) in [7, 11) is 2.75. The van der Waals surface area contributed by atoms with Crippen LogP contribution in [-0.2, 0) is 9.53 Å². The average molecular weight is 236 g/mol. The van der Waals surface area contributed by atoms with Crippen molar-refractivity contribution in [3.63, 3.8) is 0 Å². The molecule has 0 aliphatic carbocycles. The van der Waals surface area contributed by atoms with Crippen LogP contribution in [-0.4, -0.2) is 31.4 Å². The molecule has 1 heterocycles. The molecule has 0 amide bonds. The Balaban J connectivity index is 2.39. The van der Waals surface area contributed by atoms with Crippen LogP contribution in [0.2, 0.25) is 0 Å². The van der Waals surface area contributed by atoms with Crippen molar-refractivity contribution < 1.29 is 24.1 Å². The molecule has 90 valence electrons. The summed E-state index contributed by atoms with van der Waals surface area (Å²) in [5, 5.41) is 9.58. The molecule has 0 radical (unpaired) electrons. The van der Waals surface area contributed by atoms with Gasteiger partial charge in [0, 0.05) is 0 Å². The molecule has 0 spiro atoms. The highest BCUT2D eigenvalue weighted by atomic mass is 16.6. The summed E-state index contributed by atoms with van der Waals surface area (Å²) in [6, 6.07) is 3.03. The number of hydrogen-bond acceptors (Lipinski definition) is 5. The van der Waals surface area contributed by atoms with Crippen molar-refractivity contribution in [2.45, 2.75) is 6.10 Å². The van der Waals surface area contributed by atoms with Crippen LogP contribution in [0.3, 0.4) is 0 Å². The number of phenolic OH excluding ortho intramolecular Hbond substituents is 1. The van der Waals surface area contributed by atoms with Gasteiger partial charge in [-0.15, -0.1) is 0 Å². The van der Waals surface area contributed by atoms with Crippen molar-refractivity contribution in [1.82, 2.24) is 0 Å². The molecule has 1 unspecified atom stereocenters. The number of carbonyl (C=O) groups excluding carboxylic acids is 1. The van der Waals surface area contributed by atoms with Crippen LogP contribution in [0.1, 0.15) is 5.56 Å². The summed E-state index contributed by atoms with van der Waals surface area (Å²) >= 11 is 0. The van der Waals surface area contributed by atoms with Crippen molar-refractivity contribution in [1.29, 1.82) is 0 Å². The number of hydrogen-bond donors (Lipinski definition) is 1. The molecule has 0 aromatic heterocycles. The van der Waals surface area contributed by atoms with Gasteiger partial charge in [-0.3, -0.25) is 0 Å². The Hall–Kier alpha value is -2.17. The molecule has 2 rings (SSSR count). The van der Waals surface area contributed by atoms with Crippen molar-refractivity contribution in [3.05, 3.63) is 23.8 Å². The molecule has 5 heteroatoms. The molecule has 17 heavy (non-hydrogen) atoms. The van der Waals surface area contributed by atoms with Crippen LogP contribution in [0.4, 0.5) is 0 Å². The van der Waals surface area contributed by atoms with E-state index >= 15 is 0 Å². The van der Waals surface area contributed by atoms with E-state index in [1.54, 1.807) is 18.2 Å². The highest BCUT2D eigenvalue weighted by molar-refractivity contribution is 5.82. The van der Waals surface area contributed by atoms with Gasteiger partial charge in [-0.05, 0) is 24.3 Å². The Morgan fingerprint density at radius 1 is 1.41 bits per heavy atom. The molecule has 1 atom stereocenters. The van der Waals surface area contributed by atoms with E-state index in [-0.39, 0.29) is 5.75 Å². The van der Waals surface area contributed by atoms with Crippen LogP contribution < -0.4 is 9.47 Å². The van der Waals surface area contributed by atoms with Crippen LogP contribution in [0.25, 0.3) is 6.08 Å². The smallest absolute Gasteiger partial charge is 0.351 e. The zero-order chi connectivity index (χ0) is 12.4. The molecule has 1 aromatic carbocycles. The Bertz CT molecular complexity index is 478. The maximum Gasteiger partial charge on any atom is 0.351 e. The lowest BCUT2D eigenvalue weighted by molar-refractivity contribution is -0.146. The second-order valence-electron chi connectivity index (χ2n) is 3.45. The Morgan fingerprint density at radius 2 is 2.18 bits per heavy atom. The van der Waals surface area contributed by atoms with Gasteiger partial charge in [-0.25, -0.2) is 4.79 Å². The number of aromatic hydroxyl groups is 1. The van der Waals surface area contributed by atoms with Gasteiger partial charge in [-0.2, -0.15) is 0 Å². The monoisotopic (exact) mass is 236 g/mol. The van der Waals surface area contributed by atoms with E-state index in [2.05, 4.69) is 4.74 Å². The highest BCUT2D eigenvalue weighted by Crippen LogP contribution is 2.39. The predicted molar refractivity (Wildman–Crippen MR) is 60.1 cm³/mol. The standard InChI is InChI=1S/C12H12O5/c1-15-11-7-3-5-10(12(14)16-2)17-9(7)6-4-8(11)13/h3-6,10,13H,1-2H3. The minimum Gasteiger partial charge on any atom is -0.504 e. The number of methoxy groups -OCH3 is 2. The fourth-order valence-electron chi connectivity index (χ4n) is 1.65. The largest absolute Gasteiger partial charge is 0.504 e. The minimum absolute atomic E-state index is 0.0241. The third-order valence-corrected chi connectivity index (χ3v) is 2.46. The maximum atomic E-state index is 11.3. The van der Waals surface area contributed by atoms with E-state index in [0.717, 1.165) is 0 Å². The van der Waals surface area contributed by atoms with Gasteiger partial charge >= 0.3 is 5.97 Å². The van der Waals surface area contributed by atoms with Crippen molar-refractivity contribution >= 4 is 12.0 Å². The third kappa shape index (κ3) is 1.91. The number of rotatable bonds is 2. The summed E-state index contributed by atoms with van der Waals surface area (Å²) in [5.74, 6) is 0.342. The van der Waals surface area contributed by atoms with Crippen molar-refractivity contribution in [3.8, 4) is 17.2 Å². The van der Waals surface area contributed by atoms with Gasteiger partial charge < -0.3 is 19.3 Å². The Morgan fingerprint density at radius 3 is 2.82 bits per heavy atom. The minimum atomic E-state index is -0.762. The van der Waals surface area contributed by atoms with E-state index in [4.69, 9.17) is 9.47 Å². The molecule has 1 aliphatic heterocycles. The van der Waals surface area contributed by atoms with E-state index in [1.807, 2.05) is 0 Å². The quantitative estimate of drug-likeness (QED) is 0.785. The van der Waals surface area contributed by atoms with Crippen LogP contribution >= 0.6 is 0 Å². The number of benzene rings is 1. The summed E-state index contributed by atoms with van der Waals surface area (Å²) < 4.78 is 15.1. The lowest BCUT2D eigenvalue weighted by atomic mass is 10.1. The second-order valence-corrected chi connectivity index (χ2v) is 3.45. The van der Waals surface area contributed by atoms with Crippen LogP contribution in [0.5, 0.6) is 17.2 Å². The zero-order valence-corrected chi connectivity index (χ0v) is 9.47. The summed E-state index contributed by atoms with van der Waals surface area (Å²) in [6.45, 7) is 0. The number of phenols is 1. The van der Waals surface area contributed by atoms with E-state index < -0.39 is 12.1 Å². The van der Waals surface area contributed by atoms with E-state index in [9.17, 15) is 9.90 Å². The number of ether oxygens (including phenoxy) is 3. The number of esters is 1. The normalized spacial score (nSPS) is 16.9. The summed E-state index contributed by atoms with van der Waals surface area (Å²) in [5.41, 5.74) is 0.604. The van der Waals surface area contributed by atoms with E-state index in [1.165, 1.54) is 20.3 Å². The summed E-state index contributed by atoms with van der Waals surface area (Å²) in [6.07, 6.45) is 2.46. The molecule has 1 aliphatic rings. The lowest BCUT2D eigenvalue weighted by Gasteiger charge is -2.21. The van der Waals surface area contributed by atoms with Crippen LogP contribution in [0, 0.1) is 0 Å². The molecule has 1 aromatic rings. The topological polar surface area (TPSA) is 65.0 Å². The van der Waals surface area contributed by atoms with Gasteiger partial charge in [0.1, 0.15) is 5.75 Å². The molecule has 0 fully saturated rings. The maximum absolute atomic E-state index is 11.3. The Kier molecular flexibility index (Phi) is 2.91. The Labute approximate surface area is 98.2 Å². The molecule has 0 bridgehead atoms. The average Bonchev–Trinajstić information content (AvgIpc) is 2.37. The zero-order valence-electron chi connectivity index (χ0n) is 9.47. The van der Waals surface area contributed by atoms with Gasteiger partial charge in [-0.1, -0.05) is 0 Å². The first-order valence-electron chi connectivity index (χ1n) is 5.00. The molecule has 5 nitrogen and oxygen atoms in total. The predicted octanol–water partition coefficient (Wildman–Crippen LogP) is 1.35. The number of fused-ring (bicyclic) bond motifs is 1. The first-order chi connectivity index (χ1) is 8.17. The fourth-order valence-corrected chi connectivity index (χ4v) is 1.65. The van der Waals surface area contributed by atoms with Crippen molar-refractivity contribution in [2.75, 3.05) is 14.2 Å². The molecule has 1 N–H and O–H groups in total. The number of carbonyl (C=O) groups is 1. The first-order valence-corrected chi connectivity index (χ1v) is 5.00. The molecule has 0 saturated carbocycles. The lowest BCUT2D eigenvalue weighted by Crippen LogP contribution is -2.28. The first kappa shape index (κ1) is 11.3. The van der Waals surface area contributed by atoms with Gasteiger partial charge in [0.15, 0.2) is 11.5 Å². The van der Waals surface area contributed by atoms with Gasteiger partial charge in [0.2, 0.25) is 6.10 Å². The van der Waals surface area contributed by atoms with Crippen LogP contribution in [0.15, 0.2) is 18.2 Å². The summed E-state index contributed by atoms with van der Waals surface area (Å²) in [4.78, 5) is 11.3. The highest BCUT2D eigenvalue weighted by Gasteiger charge is 2.25. The third-order valence-electron chi connectivity index (χ3n) is 2.46. The molecule has 0 saturated heterocycles. The van der Waals surface area contributed by atoms with E-state index in [0.29, 0.717) is 17.1 Å². The second kappa shape index (κ2) is 4.37. The van der Waals surface area contributed by atoms with Gasteiger partial charge in [0.05, 0.1) is 19.8 Å². The molecular weight excluding hydrogens is 224 g/mol. The van der Waals surface area contributed by atoms with Crippen molar-refractivity contribution in [2.24, 2.45) is 0 Å². The SMILES string of the molecule is COC(=O)C1C=Cc2c(ccc(O)c2OC)O1. The van der Waals surface area contributed by atoms with Gasteiger partial charge in [0.25, 0.3) is 0 Å². The fraction of sp³-hybridized carbons (Fsp3) is 0.250. The molecular formula is C12H12O5.